The summed E-state index contributed by atoms with van der Waals surface area (Å²) >= 11 is 6.06. The second kappa shape index (κ2) is 10.00. The van der Waals surface area contributed by atoms with Gasteiger partial charge in [-0.15, -0.1) is 0 Å². The number of anilines is 1. The molecule has 0 aliphatic heterocycles. The molecule has 144 valence electrons. The minimum absolute atomic E-state index is 0.0979. The first-order valence-electron chi connectivity index (χ1n) is 8.03. The van der Waals surface area contributed by atoms with Crippen LogP contribution in [0.1, 0.15) is 15.9 Å². The maximum Gasteiger partial charge on any atom is 0.337 e. The number of nitriles is 1. The Bertz CT molecular complexity index is 950. The number of rotatable bonds is 7. The fraction of sp³-hybridized carbons (Fsp3) is 0.150. The minimum atomic E-state index is -0.534. The molecule has 0 atom stereocenters. The third-order valence-electron chi connectivity index (χ3n) is 3.55. The Kier molecular flexibility index (Phi) is 7.43. The fourth-order valence-electron chi connectivity index (χ4n) is 2.23. The van der Waals surface area contributed by atoms with Crippen LogP contribution in [-0.2, 0) is 9.53 Å². The molecule has 1 amide bonds. The van der Waals surface area contributed by atoms with Gasteiger partial charge in [0.05, 0.1) is 30.5 Å². The molecule has 28 heavy (non-hydrogen) atoms. The van der Waals surface area contributed by atoms with Crippen molar-refractivity contribution >= 4 is 35.2 Å². The smallest absolute Gasteiger partial charge is 0.337 e. The summed E-state index contributed by atoms with van der Waals surface area (Å²) < 4.78 is 15.1. The summed E-state index contributed by atoms with van der Waals surface area (Å²) in [5.74, 6) is -0.107. The van der Waals surface area contributed by atoms with Crippen molar-refractivity contribution < 1.29 is 23.8 Å². The Morgan fingerprint density at radius 3 is 2.64 bits per heavy atom. The molecule has 0 bridgehead atoms. The number of carbonyl (C=O) groups excluding carboxylic acids is 2. The zero-order valence-corrected chi connectivity index (χ0v) is 15.9. The van der Waals surface area contributed by atoms with Crippen LogP contribution in [0.3, 0.4) is 0 Å². The SMILES string of the molecule is COC(=O)c1ccc(Cl)c(NC(=O)/C=C/c2ccc(OCC#N)c(OC)c2)c1. The van der Waals surface area contributed by atoms with Crippen molar-refractivity contribution in [2.75, 3.05) is 26.1 Å². The van der Waals surface area contributed by atoms with E-state index in [9.17, 15) is 9.59 Å². The molecule has 0 aliphatic carbocycles. The summed E-state index contributed by atoms with van der Waals surface area (Å²) in [6.07, 6.45) is 2.88. The highest BCUT2D eigenvalue weighted by atomic mass is 35.5. The molecule has 2 aromatic rings. The molecule has 7 nitrogen and oxygen atoms in total. The van der Waals surface area contributed by atoms with Crippen molar-refractivity contribution in [3.8, 4) is 17.6 Å². The number of hydrogen-bond acceptors (Lipinski definition) is 6. The number of esters is 1. The lowest BCUT2D eigenvalue weighted by atomic mass is 10.1. The second-order valence-electron chi connectivity index (χ2n) is 5.37. The van der Waals surface area contributed by atoms with E-state index < -0.39 is 11.9 Å². The third-order valence-corrected chi connectivity index (χ3v) is 3.88. The molecule has 0 spiro atoms. The average Bonchev–Trinajstić information content (AvgIpc) is 2.71. The number of methoxy groups -OCH3 is 2. The van der Waals surface area contributed by atoms with Crippen molar-refractivity contribution in [1.82, 2.24) is 0 Å². The first-order valence-corrected chi connectivity index (χ1v) is 8.41. The van der Waals surface area contributed by atoms with Crippen molar-refractivity contribution in [3.63, 3.8) is 0 Å². The van der Waals surface area contributed by atoms with Crippen molar-refractivity contribution in [1.29, 1.82) is 5.26 Å². The van der Waals surface area contributed by atoms with E-state index in [2.05, 4.69) is 10.1 Å². The van der Waals surface area contributed by atoms with Gasteiger partial charge in [-0.05, 0) is 42.0 Å². The van der Waals surface area contributed by atoms with Gasteiger partial charge in [0.1, 0.15) is 6.07 Å². The summed E-state index contributed by atoms with van der Waals surface area (Å²) in [4.78, 5) is 23.8. The Hall–Kier alpha value is -3.50. The van der Waals surface area contributed by atoms with Gasteiger partial charge in [0.2, 0.25) is 5.91 Å². The summed E-state index contributed by atoms with van der Waals surface area (Å²) in [5, 5.41) is 11.5. The highest BCUT2D eigenvalue weighted by molar-refractivity contribution is 6.34. The molecule has 0 unspecified atom stereocenters. The molecule has 0 radical (unpaired) electrons. The van der Waals surface area contributed by atoms with Gasteiger partial charge in [-0.25, -0.2) is 4.79 Å². The number of nitrogens with zero attached hydrogens (tertiary/aromatic N) is 1. The number of nitrogens with one attached hydrogen (secondary N) is 1. The van der Waals surface area contributed by atoms with Gasteiger partial charge in [0.15, 0.2) is 18.1 Å². The van der Waals surface area contributed by atoms with E-state index in [1.54, 1.807) is 24.3 Å². The largest absolute Gasteiger partial charge is 0.493 e. The standard InChI is InChI=1S/C20H17ClN2O5/c1-26-18-11-13(3-7-17(18)28-10-9-22)4-8-19(24)23-16-12-14(20(25)27-2)5-6-15(16)21/h3-8,11-12H,10H2,1-2H3,(H,23,24)/b8-4+. The quantitative estimate of drug-likeness (QED) is 0.562. The highest BCUT2D eigenvalue weighted by Gasteiger charge is 2.10. The van der Waals surface area contributed by atoms with E-state index in [1.807, 2.05) is 6.07 Å². The van der Waals surface area contributed by atoms with Crippen LogP contribution in [0.15, 0.2) is 42.5 Å². The Morgan fingerprint density at radius 2 is 1.96 bits per heavy atom. The summed E-state index contributed by atoms with van der Waals surface area (Å²) in [5.41, 5.74) is 1.24. The molecule has 2 aromatic carbocycles. The Balaban J connectivity index is 2.12. The monoisotopic (exact) mass is 400 g/mol. The van der Waals surface area contributed by atoms with E-state index in [4.69, 9.17) is 26.3 Å². The maximum absolute atomic E-state index is 12.2. The number of halogens is 1. The van der Waals surface area contributed by atoms with Crippen LogP contribution in [0.2, 0.25) is 5.02 Å². The maximum atomic E-state index is 12.2. The topological polar surface area (TPSA) is 97.6 Å². The number of ether oxygens (including phenoxy) is 3. The van der Waals surface area contributed by atoms with Crippen molar-refractivity contribution in [2.45, 2.75) is 0 Å². The van der Waals surface area contributed by atoms with Crippen LogP contribution in [0.5, 0.6) is 11.5 Å². The van der Waals surface area contributed by atoms with Crippen LogP contribution in [-0.4, -0.2) is 32.7 Å². The fourth-order valence-corrected chi connectivity index (χ4v) is 2.39. The van der Waals surface area contributed by atoms with E-state index in [1.165, 1.54) is 38.5 Å². The van der Waals surface area contributed by atoms with E-state index >= 15 is 0 Å². The lowest BCUT2D eigenvalue weighted by Crippen LogP contribution is -2.10. The number of amides is 1. The number of benzene rings is 2. The Morgan fingerprint density at radius 1 is 1.18 bits per heavy atom. The number of hydrogen-bond donors (Lipinski definition) is 1. The second-order valence-corrected chi connectivity index (χ2v) is 5.77. The molecular weight excluding hydrogens is 384 g/mol. The molecule has 0 heterocycles. The van der Waals surface area contributed by atoms with E-state index in [0.717, 1.165) is 0 Å². The van der Waals surface area contributed by atoms with Gasteiger partial charge < -0.3 is 19.5 Å². The van der Waals surface area contributed by atoms with Crippen LogP contribution in [0, 0.1) is 11.3 Å². The van der Waals surface area contributed by atoms with Crippen LogP contribution < -0.4 is 14.8 Å². The first kappa shape index (κ1) is 20.8. The van der Waals surface area contributed by atoms with Gasteiger partial charge in [-0.3, -0.25) is 4.79 Å². The molecule has 2 rings (SSSR count). The minimum Gasteiger partial charge on any atom is -0.493 e. The van der Waals surface area contributed by atoms with Gasteiger partial charge in [0, 0.05) is 6.08 Å². The molecule has 0 aromatic heterocycles. The molecule has 0 saturated carbocycles. The highest BCUT2D eigenvalue weighted by Crippen LogP contribution is 2.28. The molecular formula is C20H17ClN2O5. The molecule has 8 heteroatoms. The van der Waals surface area contributed by atoms with Crippen LogP contribution in [0.25, 0.3) is 6.08 Å². The van der Waals surface area contributed by atoms with Gasteiger partial charge in [-0.2, -0.15) is 5.26 Å². The van der Waals surface area contributed by atoms with Gasteiger partial charge >= 0.3 is 5.97 Å². The third kappa shape index (κ3) is 5.50. The van der Waals surface area contributed by atoms with Gasteiger partial charge in [0.25, 0.3) is 0 Å². The zero-order valence-electron chi connectivity index (χ0n) is 15.2. The normalized spacial score (nSPS) is 10.2. The predicted octanol–water partition coefficient (Wildman–Crippen LogP) is 3.69. The van der Waals surface area contributed by atoms with E-state index in [-0.39, 0.29) is 22.9 Å². The van der Waals surface area contributed by atoms with Crippen LogP contribution in [0.4, 0.5) is 5.69 Å². The molecule has 1 N–H and O–H groups in total. The molecule has 0 fully saturated rings. The lowest BCUT2D eigenvalue weighted by Gasteiger charge is -2.09. The lowest BCUT2D eigenvalue weighted by molar-refractivity contribution is -0.111. The Labute approximate surface area is 167 Å². The van der Waals surface area contributed by atoms with Crippen molar-refractivity contribution in [2.24, 2.45) is 0 Å². The van der Waals surface area contributed by atoms with Gasteiger partial charge in [-0.1, -0.05) is 17.7 Å². The number of carbonyl (C=O) groups is 2. The zero-order chi connectivity index (χ0) is 20.5. The summed E-state index contributed by atoms with van der Waals surface area (Å²) in [6, 6.07) is 11.3. The van der Waals surface area contributed by atoms with E-state index in [0.29, 0.717) is 17.1 Å². The first-order chi connectivity index (χ1) is 13.5. The molecule has 0 aliphatic rings. The summed E-state index contributed by atoms with van der Waals surface area (Å²) in [7, 11) is 2.74. The average molecular weight is 401 g/mol. The summed E-state index contributed by atoms with van der Waals surface area (Å²) in [6.45, 7) is -0.0979. The van der Waals surface area contributed by atoms with Crippen LogP contribution >= 0.6 is 11.6 Å². The molecule has 0 saturated heterocycles. The predicted molar refractivity (Wildman–Crippen MR) is 105 cm³/mol. The van der Waals surface area contributed by atoms with Crippen molar-refractivity contribution in [3.05, 3.63) is 58.6 Å².